The van der Waals surface area contributed by atoms with Crippen molar-refractivity contribution in [2.24, 2.45) is 5.92 Å². The predicted octanol–water partition coefficient (Wildman–Crippen LogP) is 2.21. The van der Waals surface area contributed by atoms with Crippen LogP contribution in [0.2, 0.25) is 0 Å². The number of anilines is 1. The van der Waals surface area contributed by atoms with Gasteiger partial charge in [0.2, 0.25) is 0 Å². The molecule has 1 saturated heterocycles. The summed E-state index contributed by atoms with van der Waals surface area (Å²) in [4.78, 5) is 18.0. The van der Waals surface area contributed by atoms with Crippen LogP contribution >= 0.6 is 0 Å². The van der Waals surface area contributed by atoms with E-state index >= 15 is 0 Å². The first-order valence-electron chi connectivity index (χ1n) is 6.89. The van der Waals surface area contributed by atoms with E-state index in [-0.39, 0.29) is 23.3 Å². The van der Waals surface area contributed by atoms with Crippen LogP contribution in [0.3, 0.4) is 0 Å². The van der Waals surface area contributed by atoms with E-state index in [1.165, 1.54) is 31.5 Å². The fourth-order valence-corrected chi connectivity index (χ4v) is 3.49. The van der Waals surface area contributed by atoms with Gasteiger partial charge in [-0.05, 0) is 37.7 Å². The largest absolute Gasteiger partial charge is 0.381 e. The topological polar surface area (TPSA) is 59.2 Å². The molecule has 0 aromatic carbocycles. The first-order chi connectivity index (χ1) is 9.18. The number of rotatable bonds is 1. The van der Waals surface area contributed by atoms with Crippen LogP contribution in [0.15, 0.2) is 12.3 Å². The third-order valence-electron chi connectivity index (χ3n) is 4.40. The van der Waals surface area contributed by atoms with Crippen molar-refractivity contribution in [3.63, 3.8) is 0 Å². The molecular formula is C14H18FN3O. The van der Waals surface area contributed by atoms with E-state index in [9.17, 15) is 9.18 Å². The summed E-state index contributed by atoms with van der Waals surface area (Å²) < 4.78 is 13.9. The van der Waals surface area contributed by atoms with E-state index in [2.05, 4.69) is 4.98 Å². The van der Waals surface area contributed by atoms with Gasteiger partial charge in [-0.15, -0.1) is 0 Å². The third kappa shape index (κ3) is 2.07. The fourth-order valence-electron chi connectivity index (χ4n) is 3.49. The van der Waals surface area contributed by atoms with Crippen molar-refractivity contribution in [1.82, 2.24) is 9.88 Å². The summed E-state index contributed by atoms with van der Waals surface area (Å²) in [5.41, 5.74) is 5.49. The zero-order valence-electron chi connectivity index (χ0n) is 10.8. The molecule has 1 aromatic rings. The second kappa shape index (κ2) is 4.79. The number of carbonyl (C=O) groups is 1. The highest BCUT2D eigenvalue weighted by Gasteiger charge is 2.38. The van der Waals surface area contributed by atoms with Crippen LogP contribution in [-0.2, 0) is 0 Å². The van der Waals surface area contributed by atoms with Crippen LogP contribution in [-0.4, -0.2) is 28.4 Å². The molecule has 2 fully saturated rings. The van der Waals surface area contributed by atoms with Crippen molar-refractivity contribution >= 4 is 11.7 Å². The van der Waals surface area contributed by atoms with Gasteiger partial charge in [-0.25, -0.2) is 9.37 Å². The number of fused-ring (bicyclic) bond motifs is 1. The highest BCUT2D eigenvalue weighted by molar-refractivity contribution is 5.95. The van der Waals surface area contributed by atoms with Crippen molar-refractivity contribution < 1.29 is 9.18 Å². The van der Waals surface area contributed by atoms with Crippen LogP contribution in [0.1, 0.15) is 42.5 Å². The van der Waals surface area contributed by atoms with Gasteiger partial charge < -0.3 is 10.6 Å². The minimum Gasteiger partial charge on any atom is -0.381 e. The summed E-state index contributed by atoms with van der Waals surface area (Å²) in [5.74, 6) is -0.526. The number of nitrogen functional groups attached to an aromatic ring is 1. The second-order valence-electron chi connectivity index (χ2n) is 5.46. The molecule has 1 amide bonds. The number of nitrogens with zero attached hydrogens (tertiary/aromatic N) is 2. The van der Waals surface area contributed by atoms with E-state index in [1.54, 1.807) is 0 Å². The molecule has 2 N–H and O–H groups in total. The standard InChI is InChI=1S/C14H18FN3O/c15-12-10(6-7-17-13(12)16)14(19)18-8-2-4-9-3-1-5-11(9)18/h6-7,9,11H,1-5,8H2,(H2,16,17). The number of halogens is 1. The minimum absolute atomic E-state index is 0.0556. The van der Waals surface area contributed by atoms with E-state index in [0.29, 0.717) is 5.92 Å². The second-order valence-corrected chi connectivity index (χ2v) is 5.46. The molecule has 4 nitrogen and oxygen atoms in total. The van der Waals surface area contributed by atoms with Crippen LogP contribution < -0.4 is 5.73 Å². The molecule has 5 heteroatoms. The lowest BCUT2D eigenvalue weighted by Crippen LogP contribution is -2.46. The zero-order valence-corrected chi connectivity index (χ0v) is 10.8. The molecular weight excluding hydrogens is 245 g/mol. The van der Waals surface area contributed by atoms with Crippen molar-refractivity contribution in [3.8, 4) is 0 Å². The molecule has 1 aliphatic carbocycles. The highest BCUT2D eigenvalue weighted by atomic mass is 19.1. The number of carbonyl (C=O) groups excluding carboxylic acids is 1. The Morgan fingerprint density at radius 2 is 2.16 bits per heavy atom. The summed E-state index contributed by atoms with van der Waals surface area (Å²) in [6.07, 6.45) is 6.99. The number of aromatic nitrogens is 1. The Labute approximate surface area is 111 Å². The molecule has 3 rings (SSSR count). The molecule has 0 bridgehead atoms. The normalized spacial score (nSPS) is 26.3. The summed E-state index contributed by atoms with van der Waals surface area (Å²) in [6, 6.07) is 1.71. The summed E-state index contributed by atoms with van der Waals surface area (Å²) in [7, 11) is 0. The smallest absolute Gasteiger partial charge is 0.257 e. The zero-order chi connectivity index (χ0) is 13.4. The van der Waals surface area contributed by atoms with Crippen LogP contribution in [0.5, 0.6) is 0 Å². The Balaban J connectivity index is 1.88. The fraction of sp³-hybridized carbons (Fsp3) is 0.571. The van der Waals surface area contributed by atoms with Crippen LogP contribution in [0, 0.1) is 11.7 Å². The van der Waals surface area contributed by atoms with Gasteiger partial charge in [0.25, 0.3) is 5.91 Å². The molecule has 2 heterocycles. The van der Waals surface area contributed by atoms with Crippen LogP contribution in [0.25, 0.3) is 0 Å². The average molecular weight is 263 g/mol. The first-order valence-corrected chi connectivity index (χ1v) is 6.89. The van der Waals surface area contributed by atoms with Gasteiger partial charge in [-0.1, -0.05) is 6.42 Å². The lowest BCUT2D eigenvalue weighted by atomic mass is 9.91. The number of amides is 1. The molecule has 2 unspecified atom stereocenters. The van der Waals surface area contributed by atoms with Crippen molar-refractivity contribution in [3.05, 3.63) is 23.6 Å². The first kappa shape index (κ1) is 12.4. The van der Waals surface area contributed by atoms with Gasteiger partial charge in [0.1, 0.15) is 0 Å². The van der Waals surface area contributed by atoms with Gasteiger partial charge in [0, 0.05) is 18.8 Å². The summed E-state index contributed by atoms with van der Waals surface area (Å²) in [5, 5.41) is 0. The molecule has 0 radical (unpaired) electrons. The number of hydrogen-bond donors (Lipinski definition) is 1. The van der Waals surface area contributed by atoms with Crippen molar-refractivity contribution in [2.45, 2.75) is 38.1 Å². The maximum Gasteiger partial charge on any atom is 0.257 e. The summed E-state index contributed by atoms with van der Waals surface area (Å²) in [6.45, 7) is 0.724. The molecule has 1 aliphatic heterocycles. The van der Waals surface area contributed by atoms with Crippen molar-refractivity contribution in [2.75, 3.05) is 12.3 Å². The Morgan fingerprint density at radius 1 is 1.37 bits per heavy atom. The van der Waals surface area contributed by atoms with Gasteiger partial charge in [0.05, 0.1) is 5.56 Å². The number of piperidine rings is 1. The van der Waals surface area contributed by atoms with E-state index < -0.39 is 5.82 Å². The number of hydrogen-bond acceptors (Lipinski definition) is 3. The SMILES string of the molecule is Nc1nccc(C(=O)N2CCCC3CCCC32)c1F. The summed E-state index contributed by atoms with van der Waals surface area (Å²) >= 11 is 0. The Bertz CT molecular complexity index is 505. The lowest BCUT2D eigenvalue weighted by molar-refractivity contribution is 0.0543. The average Bonchev–Trinajstić information content (AvgIpc) is 2.89. The molecule has 102 valence electrons. The van der Waals surface area contributed by atoms with Crippen LogP contribution in [0.4, 0.5) is 10.2 Å². The molecule has 2 aliphatic rings. The van der Waals surface area contributed by atoms with E-state index in [1.807, 2.05) is 4.90 Å². The molecule has 19 heavy (non-hydrogen) atoms. The van der Waals surface area contributed by atoms with Crippen molar-refractivity contribution in [1.29, 1.82) is 0 Å². The van der Waals surface area contributed by atoms with E-state index in [0.717, 1.165) is 19.4 Å². The molecule has 1 saturated carbocycles. The van der Waals surface area contributed by atoms with Gasteiger partial charge in [-0.3, -0.25) is 4.79 Å². The molecule has 2 atom stereocenters. The van der Waals surface area contributed by atoms with Gasteiger partial charge in [0.15, 0.2) is 11.6 Å². The number of pyridine rings is 1. The Morgan fingerprint density at radius 3 is 3.00 bits per heavy atom. The van der Waals surface area contributed by atoms with Gasteiger partial charge >= 0.3 is 0 Å². The lowest BCUT2D eigenvalue weighted by Gasteiger charge is -2.37. The number of nitrogens with two attached hydrogens (primary N) is 1. The Hall–Kier alpha value is -1.65. The van der Waals surface area contributed by atoms with E-state index in [4.69, 9.17) is 5.73 Å². The highest BCUT2D eigenvalue weighted by Crippen LogP contribution is 2.37. The number of likely N-dealkylation sites (tertiary alicyclic amines) is 1. The Kier molecular flexibility index (Phi) is 3.12. The molecule has 0 spiro atoms. The molecule has 1 aromatic heterocycles. The van der Waals surface area contributed by atoms with Gasteiger partial charge in [-0.2, -0.15) is 0 Å². The monoisotopic (exact) mass is 263 g/mol. The predicted molar refractivity (Wildman–Crippen MR) is 70.0 cm³/mol. The minimum atomic E-state index is -0.687. The quantitative estimate of drug-likeness (QED) is 0.845. The third-order valence-corrected chi connectivity index (χ3v) is 4.40. The maximum absolute atomic E-state index is 13.9. The maximum atomic E-state index is 13.9.